The van der Waals surface area contributed by atoms with Crippen LogP contribution in [0.4, 0.5) is 0 Å². The van der Waals surface area contributed by atoms with Gasteiger partial charge in [0.25, 0.3) is 5.91 Å². The molecule has 3 aliphatic carbocycles. The van der Waals surface area contributed by atoms with Gasteiger partial charge in [0.05, 0.1) is 5.56 Å². The second-order valence-electron chi connectivity index (χ2n) is 6.62. The molecule has 3 fully saturated rings. The predicted molar refractivity (Wildman–Crippen MR) is 75.3 cm³/mol. The molecule has 4 heteroatoms. The zero-order valence-electron chi connectivity index (χ0n) is 11.7. The van der Waals surface area contributed by atoms with Gasteiger partial charge in [0.15, 0.2) is 0 Å². The number of fused-ring (bicyclic) bond motifs is 1. The fraction of sp³-hybridized carbons (Fsp3) is 0.688. The van der Waals surface area contributed by atoms with Crippen LogP contribution in [0.5, 0.6) is 0 Å². The zero-order valence-corrected chi connectivity index (χ0v) is 11.7. The molecule has 1 aromatic rings. The third-order valence-corrected chi connectivity index (χ3v) is 5.28. The molecule has 3 atom stereocenters. The van der Waals surface area contributed by atoms with Crippen LogP contribution < -0.4 is 5.32 Å². The summed E-state index contributed by atoms with van der Waals surface area (Å²) in [6.07, 6.45) is 12.2. The molecule has 0 spiro atoms. The number of aromatic nitrogens is 2. The van der Waals surface area contributed by atoms with Gasteiger partial charge in [-0.25, -0.2) is 9.97 Å². The van der Waals surface area contributed by atoms with E-state index in [4.69, 9.17) is 0 Å². The summed E-state index contributed by atoms with van der Waals surface area (Å²) >= 11 is 0. The van der Waals surface area contributed by atoms with Gasteiger partial charge >= 0.3 is 0 Å². The fourth-order valence-electron chi connectivity index (χ4n) is 4.00. The molecule has 4 rings (SSSR count). The van der Waals surface area contributed by atoms with E-state index in [1.807, 2.05) is 0 Å². The number of carbonyl (C=O) groups excluding carboxylic acids is 1. The minimum Gasteiger partial charge on any atom is -0.349 e. The Kier molecular flexibility index (Phi) is 2.97. The average molecular weight is 271 g/mol. The quantitative estimate of drug-likeness (QED) is 0.919. The van der Waals surface area contributed by atoms with Crippen molar-refractivity contribution in [2.75, 3.05) is 0 Å². The summed E-state index contributed by atoms with van der Waals surface area (Å²) in [6.45, 7) is 0. The molecular formula is C16H21N3O. The van der Waals surface area contributed by atoms with Crippen LogP contribution in [0.2, 0.25) is 0 Å². The summed E-state index contributed by atoms with van der Waals surface area (Å²) in [5.74, 6) is 3.02. The third-order valence-electron chi connectivity index (χ3n) is 5.28. The second kappa shape index (κ2) is 4.83. The molecule has 0 bridgehead atoms. The number of hydrogen-bond donors (Lipinski definition) is 1. The monoisotopic (exact) mass is 271 g/mol. The minimum absolute atomic E-state index is 0.00453. The molecule has 0 unspecified atom stereocenters. The maximum atomic E-state index is 12.3. The Morgan fingerprint density at radius 2 is 1.85 bits per heavy atom. The number of nitrogens with one attached hydrogen (secondary N) is 1. The topological polar surface area (TPSA) is 54.9 Å². The molecule has 0 radical (unpaired) electrons. The molecular weight excluding hydrogens is 250 g/mol. The summed E-state index contributed by atoms with van der Waals surface area (Å²) in [5.41, 5.74) is 0.607. The molecule has 1 heterocycles. The van der Waals surface area contributed by atoms with Gasteiger partial charge in [0.2, 0.25) is 0 Å². The van der Waals surface area contributed by atoms with Crippen LogP contribution in [0, 0.1) is 11.8 Å². The first-order valence-electron chi connectivity index (χ1n) is 7.94. The van der Waals surface area contributed by atoms with Crippen molar-refractivity contribution < 1.29 is 4.79 Å². The van der Waals surface area contributed by atoms with Crippen LogP contribution in [-0.4, -0.2) is 21.9 Å². The molecule has 106 valence electrons. The summed E-state index contributed by atoms with van der Waals surface area (Å²) in [4.78, 5) is 21.0. The van der Waals surface area contributed by atoms with Gasteiger partial charge in [-0.3, -0.25) is 4.79 Å². The summed E-state index contributed by atoms with van der Waals surface area (Å²) in [6, 6.07) is 0.373. The smallest absolute Gasteiger partial charge is 0.254 e. The van der Waals surface area contributed by atoms with Crippen LogP contribution in [0.3, 0.4) is 0 Å². The molecule has 0 aromatic carbocycles. The maximum absolute atomic E-state index is 12.3. The lowest BCUT2D eigenvalue weighted by atomic mass is 9.97. The highest BCUT2D eigenvalue weighted by molar-refractivity contribution is 5.93. The van der Waals surface area contributed by atoms with E-state index in [0.717, 1.165) is 18.2 Å². The van der Waals surface area contributed by atoms with Crippen LogP contribution >= 0.6 is 0 Å². The van der Waals surface area contributed by atoms with Gasteiger partial charge in [-0.15, -0.1) is 0 Å². The Balaban J connectivity index is 1.41. The third kappa shape index (κ3) is 2.21. The van der Waals surface area contributed by atoms with Gasteiger partial charge in [0, 0.05) is 24.4 Å². The summed E-state index contributed by atoms with van der Waals surface area (Å²) in [7, 11) is 0. The standard InChI is InChI=1S/C16H21N3O/c20-16(12-8-17-15(18-9-12)11-4-5-11)19-14-7-6-10-2-1-3-13(10)14/h8-11,13-14H,1-7H2,(H,19,20)/t10-,13-,14-/m1/s1. The van der Waals surface area contributed by atoms with Crippen molar-refractivity contribution in [1.82, 2.24) is 15.3 Å². The van der Waals surface area contributed by atoms with Gasteiger partial charge in [-0.2, -0.15) is 0 Å². The molecule has 3 saturated carbocycles. The Morgan fingerprint density at radius 1 is 1.05 bits per heavy atom. The zero-order chi connectivity index (χ0) is 13.5. The van der Waals surface area contributed by atoms with E-state index < -0.39 is 0 Å². The average Bonchev–Trinajstić information content (AvgIpc) is 3.10. The second-order valence-corrected chi connectivity index (χ2v) is 6.62. The number of rotatable bonds is 3. The maximum Gasteiger partial charge on any atom is 0.254 e. The number of nitrogens with zero attached hydrogens (tertiary/aromatic N) is 2. The van der Waals surface area contributed by atoms with Gasteiger partial charge in [0.1, 0.15) is 5.82 Å². The number of hydrogen-bond acceptors (Lipinski definition) is 3. The van der Waals surface area contributed by atoms with E-state index in [9.17, 15) is 4.79 Å². The Morgan fingerprint density at radius 3 is 2.60 bits per heavy atom. The highest BCUT2D eigenvalue weighted by Gasteiger charge is 2.39. The highest BCUT2D eigenvalue weighted by atomic mass is 16.1. The largest absolute Gasteiger partial charge is 0.349 e. The molecule has 1 aromatic heterocycles. The van der Waals surface area contributed by atoms with Crippen molar-refractivity contribution in [2.24, 2.45) is 11.8 Å². The van der Waals surface area contributed by atoms with Crippen LogP contribution in [-0.2, 0) is 0 Å². The molecule has 0 aliphatic heterocycles. The van der Waals surface area contributed by atoms with Crippen LogP contribution in [0.25, 0.3) is 0 Å². The first kappa shape index (κ1) is 12.3. The van der Waals surface area contributed by atoms with Crippen molar-refractivity contribution >= 4 is 5.91 Å². The van der Waals surface area contributed by atoms with E-state index in [1.54, 1.807) is 12.4 Å². The van der Waals surface area contributed by atoms with Crippen molar-refractivity contribution in [2.45, 2.75) is 56.9 Å². The van der Waals surface area contributed by atoms with E-state index >= 15 is 0 Å². The molecule has 20 heavy (non-hydrogen) atoms. The van der Waals surface area contributed by atoms with Crippen LogP contribution in [0.1, 0.15) is 67.0 Å². The fourth-order valence-corrected chi connectivity index (χ4v) is 4.00. The van der Waals surface area contributed by atoms with Crippen molar-refractivity contribution in [3.63, 3.8) is 0 Å². The molecule has 1 N–H and O–H groups in total. The summed E-state index contributed by atoms with van der Waals surface area (Å²) < 4.78 is 0. The number of amides is 1. The molecule has 1 amide bonds. The first-order valence-corrected chi connectivity index (χ1v) is 7.94. The summed E-state index contributed by atoms with van der Waals surface area (Å²) in [5, 5.41) is 3.21. The minimum atomic E-state index is 0.00453. The van der Waals surface area contributed by atoms with E-state index in [1.165, 1.54) is 38.5 Å². The Labute approximate surface area is 119 Å². The normalized spacial score (nSPS) is 32.1. The van der Waals surface area contributed by atoms with E-state index in [2.05, 4.69) is 15.3 Å². The molecule has 4 nitrogen and oxygen atoms in total. The molecule has 3 aliphatic rings. The lowest BCUT2D eigenvalue weighted by Gasteiger charge is -2.19. The van der Waals surface area contributed by atoms with E-state index in [-0.39, 0.29) is 5.91 Å². The Bertz CT molecular complexity index is 509. The highest BCUT2D eigenvalue weighted by Crippen LogP contribution is 2.44. The lowest BCUT2D eigenvalue weighted by Crippen LogP contribution is -2.37. The SMILES string of the molecule is O=C(N[C@@H]1CC[C@H]2CCC[C@H]21)c1cnc(C2CC2)nc1. The Hall–Kier alpha value is -1.45. The van der Waals surface area contributed by atoms with Gasteiger partial charge in [-0.1, -0.05) is 12.8 Å². The first-order chi connectivity index (χ1) is 9.81. The van der Waals surface area contributed by atoms with Gasteiger partial charge < -0.3 is 5.32 Å². The predicted octanol–water partition coefficient (Wildman–Crippen LogP) is 2.66. The van der Waals surface area contributed by atoms with Crippen molar-refractivity contribution in [3.8, 4) is 0 Å². The number of carbonyl (C=O) groups is 1. The lowest BCUT2D eigenvalue weighted by molar-refractivity contribution is 0.0925. The molecule has 0 saturated heterocycles. The van der Waals surface area contributed by atoms with Crippen molar-refractivity contribution in [1.29, 1.82) is 0 Å². The van der Waals surface area contributed by atoms with E-state index in [0.29, 0.717) is 23.4 Å². The van der Waals surface area contributed by atoms with Crippen LogP contribution in [0.15, 0.2) is 12.4 Å². The van der Waals surface area contributed by atoms with Crippen molar-refractivity contribution in [3.05, 3.63) is 23.8 Å². The van der Waals surface area contributed by atoms with Gasteiger partial charge in [-0.05, 0) is 43.9 Å².